The van der Waals surface area contributed by atoms with Gasteiger partial charge in [-0.3, -0.25) is 4.98 Å². The van der Waals surface area contributed by atoms with Gasteiger partial charge in [0.15, 0.2) is 5.84 Å². The Hall–Kier alpha value is -2.84. The number of likely N-dealkylation sites (N-methyl/N-ethyl adjacent to an activating group) is 1. The normalized spacial score (nSPS) is 21.6. The average molecular weight is 545 g/mol. The van der Waals surface area contributed by atoms with Gasteiger partial charge in [-0.25, -0.2) is 15.0 Å². The zero-order chi connectivity index (χ0) is 28.1. The van der Waals surface area contributed by atoms with Crippen LogP contribution in [0.2, 0.25) is 0 Å². The molecule has 0 bridgehead atoms. The van der Waals surface area contributed by atoms with E-state index >= 15 is 0 Å². The maximum absolute atomic E-state index is 5.27. The number of amidine groups is 2. The zero-order valence-electron chi connectivity index (χ0n) is 25.0. The van der Waals surface area contributed by atoms with Crippen LogP contribution in [0.1, 0.15) is 82.3 Å². The summed E-state index contributed by atoms with van der Waals surface area (Å²) in [6, 6.07) is 1.54. The van der Waals surface area contributed by atoms with Gasteiger partial charge in [0.25, 0.3) is 0 Å². The van der Waals surface area contributed by atoms with Crippen LogP contribution in [0.5, 0.6) is 0 Å². The summed E-state index contributed by atoms with van der Waals surface area (Å²) in [5.41, 5.74) is 4.54. The third-order valence-corrected chi connectivity index (χ3v) is 9.18. The second-order valence-electron chi connectivity index (χ2n) is 12.1. The first-order chi connectivity index (χ1) is 19.5. The molecule has 0 spiro atoms. The minimum atomic E-state index is 0.284. The fourth-order valence-electron chi connectivity index (χ4n) is 6.03. The molecular weight excluding hydrogens is 496 g/mol. The minimum Gasteiger partial charge on any atom is -0.368 e. The third-order valence-electron chi connectivity index (χ3n) is 9.18. The van der Waals surface area contributed by atoms with Gasteiger partial charge in [0, 0.05) is 49.9 Å². The van der Waals surface area contributed by atoms with E-state index in [0.717, 1.165) is 74.3 Å². The molecule has 4 aliphatic rings. The van der Waals surface area contributed by atoms with E-state index in [-0.39, 0.29) is 6.04 Å². The topological polar surface area (TPSA) is 80.5 Å². The maximum Gasteiger partial charge on any atom is 0.161 e. The van der Waals surface area contributed by atoms with Gasteiger partial charge in [-0.1, -0.05) is 12.5 Å². The number of nitrogens with one attached hydrogen (secondary N) is 2. The highest BCUT2D eigenvalue weighted by Crippen LogP contribution is 2.41. The molecule has 0 radical (unpaired) electrons. The van der Waals surface area contributed by atoms with Crippen LogP contribution < -0.4 is 10.6 Å². The fraction of sp³-hybridized carbons (Fsp3) is 0.625. The Bertz CT molecular complexity index is 1170. The standard InChI is InChI=1S/C32H48N8/c1-6-23(18-30(33-3)36-22(2)14-17-39(4)25-10-11-25)32-37-29-21-35-20-28(24-8-7-9-24)27(29)19-31(38-32)40(5)26-12-15-34-16-13-26/h6,18,20-22,24-26,34,36H,3,7-17,19H2,1-2,4-5H3/b23-6+,30-18+. The van der Waals surface area contributed by atoms with Crippen molar-refractivity contribution in [2.75, 3.05) is 33.7 Å². The molecule has 1 atom stereocenters. The van der Waals surface area contributed by atoms with Gasteiger partial charge < -0.3 is 20.4 Å². The van der Waals surface area contributed by atoms with E-state index in [9.17, 15) is 0 Å². The molecule has 8 heteroatoms. The van der Waals surface area contributed by atoms with Gasteiger partial charge in [-0.15, -0.1) is 0 Å². The molecule has 2 aliphatic heterocycles. The number of fused-ring (bicyclic) bond motifs is 1. The summed E-state index contributed by atoms with van der Waals surface area (Å²) in [4.78, 5) is 24.3. The molecule has 216 valence electrons. The van der Waals surface area contributed by atoms with E-state index in [1.165, 1.54) is 43.2 Å². The first kappa shape index (κ1) is 28.7. The highest BCUT2D eigenvalue weighted by Gasteiger charge is 2.29. The number of hydrogen-bond donors (Lipinski definition) is 2. The van der Waals surface area contributed by atoms with Crippen molar-refractivity contribution in [2.45, 2.75) is 95.7 Å². The van der Waals surface area contributed by atoms with Crippen LogP contribution in [0, 0.1) is 0 Å². The highest BCUT2D eigenvalue weighted by molar-refractivity contribution is 6.10. The monoisotopic (exact) mass is 544 g/mol. The van der Waals surface area contributed by atoms with Crippen LogP contribution in [0.3, 0.4) is 0 Å². The molecule has 2 aliphatic carbocycles. The predicted molar refractivity (Wildman–Crippen MR) is 167 cm³/mol. The molecule has 1 aromatic rings. The van der Waals surface area contributed by atoms with Gasteiger partial charge in [0.05, 0.1) is 11.9 Å². The van der Waals surface area contributed by atoms with E-state index in [4.69, 9.17) is 9.98 Å². The van der Waals surface area contributed by atoms with Gasteiger partial charge in [0.2, 0.25) is 0 Å². The van der Waals surface area contributed by atoms with Crippen LogP contribution in [0.15, 0.2) is 50.9 Å². The summed E-state index contributed by atoms with van der Waals surface area (Å²) >= 11 is 0. The van der Waals surface area contributed by atoms with Gasteiger partial charge in [-0.05, 0) is 109 Å². The molecule has 1 aromatic heterocycles. The van der Waals surface area contributed by atoms with Crippen molar-refractivity contribution in [3.63, 3.8) is 0 Å². The van der Waals surface area contributed by atoms with Crippen molar-refractivity contribution in [3.8, 4) is 0 Å². The van der Waals surface area contributed by atoms with E-state index < -0.39 is 0 Å². The summed E-state index contributed by atoms with van der Waals surface area (Å²) in [7, 11) is 4.44. The van der Waals surface area contributed by atoms with Crippen molar-refractivity contribution in [3.05, 3.63) is 47.1 Å². The first-order valence-corrected chi connectivity index (χ1v) is 15.3. The summed E-state index contributed by atoms with van der Waals surface area (Å²) in [5.74, 6) is 3.15. The number of aromatic nitrogens is 1. The second-order valence-corrected chi connectivity index (χ2v) is 12.1. The second kappa shape index (κ2) is 13.2. The number of allylic oxidation sites excluding steroid dienone is 1. The molecule has 0 aromatic carbocycles. The molecule has 3 fully saturated rings. The van der Waals surface area contributed by atoms with Crippen molar-refractivity contribution in [1.82, 2.24) is 25.4 Å². The molecule has 1 unspecified atom stereocenters. The summed E-state index contributed by atoms with van der Waals surface area (Å²) in [6.07, 6.45) is 18.7. The zero-order valence-corrected chi connectivity index (χ0v) is 25.0. The Kier molecular flexibility index (Phi) is 9.48. The summed E-state index contributed by atoms with van der Waals surface area (Å²) in [5, 5.41) is 7.08. The van der Waals surface area contributed by atoms with E-state index in [2.05, 4.69) is 70.4 Å². The lowest BCUT2D eigenvalue weighted by Crippen LogP contribution is -2.44. The van der Waals surface area contributed by atoms with Crippen molar-refractivity contribution >= 4 is 24.1 Å². The largest absolute Gasteiger partial charge is 0.368 e. The van der Waals surface area contributed by atoms with E-state index in [1.807, 2.05) is 19.2 Å². The maximum atomic E-state index is 5.27. The molecule has 1 saturated heterocycles. The number of hydrogen-bond acceptors (Lipinski definition) is 8. The van der Waals surface area contributed by atoms with Crippen LogP contribution in [0.25, 0.3) is 0 Å². The molecule has 2 N–H and O–H groups in total. The van der Waals surface area contributed by atoms with Gasteiger partial charge in [-0.2, -0.15) is 0 Å². The molecule has 8 nitrogen and oxygen atoms in total. The lowest BCUT2D eigenvalue weighted by atomic mass is 9.78. The Morgan fingerprint density at radius 3 is 2.55 bits per heavy atom. The number of nitrogens with zero attached hydrogens (tertiary/aromatic N) is 6. The lowest BCUT2D eigenvalue weighted by Gasteiger charge is -2.34. The Morgan fingerprint density at radius 2 is 1.90 bits per heavy atom. The smallest absolute Gasteiger partial charge is 0.161 e. The van der Waals surface area contributed by atoms with Crippen LogP contribution in [-0.4, -0.2) is 85.0 Å². The fourth-order valence-corrected chi connectivity index (χ4v) is 6.03. The SMILES string of the molecule is C=N/C(=C\C(=C/C)C1=Nc2cncc(C3CCC3)c2CC(N(C)C2CCNCC2)=N1)NC(C)CCN(C)C1CC1. The molecular formula is C32H48N8. The highest BCUT2D eigenvalue weighted by atomic mass is 15.2. The molecule has 2 saturated carbocycles. The number of aliphatic imine (C=N–C) groups is 3. The first-order valence-electron chi connectivity index (χ1n) is 15.3. The third kappa shape index (κ3) is 6.89. The Balaban J connectivity index is 1.43. The van der Waals surface area contributed by atoms with Gasteiger partial charge in [0.1, 0.15) is 11.7 Å². The average Bonchev–Trinajstić information content (AvgIpc) is 3.80. The van der Waals surface area contributed by atoms with Crippen LogP contribution in [0.4, 0.5) is 5.69 Å². The molecule has 5 rings (SSSR count). The number of piperidine rings is 1. The minimum absolute atomic E-state index is 0.284. The quantitative estimate of drug-likeness (QED) is 0.304. The van der Waals surface area contributed by atoms with Gasteiger partial charge >= 0.3 is 0 Å². The van der Waals surface area contributed by atoms with E-state index in [0.29, 0.717) is 17.8 Å². The molecule has 3 heterocycles. The lowest BCUT2D eigenvalue weighted by molar-refractivity contribution is 0.286. The van der Waals surface area contributed by atoms with Crippen molar-refractivity contribution in [2.24, 2.45) is 15.0 Å². The Labute approximate surface area is 240 Å². The predicted octanol–water partition coefficient (Wildman–Crippen LogP) is 4.97. The van der Waals surface area contributed by atoms with Crippen molar-refractivity contribution in [1.29, 1.82) is 0 Å². The Morgan fingerprint density at radius 1 is 1.12 bits per heavy atom. The number of pyridine rings is 1. The summed E-state index contributed by atoms with van der Waals surface area (Å²) in [6.45, 7) is 11.3. The van der Waals surface area contributed by atoms with E-state index in [1.54, 1.807) is 0 Å². The van der Waals surface area contributed by atoms with Crippen LogP contribution >= 0.6 is 0 Å². The number of rotatable bonds is 11. The molecule has 40 heavy (non-hydrogen) atoms. The molecule has 0 amide bonds. The summed E-state index contributed by atoms with van der Waals surface area (Å²) < 4.78 is 0. The van der Waals surface area contributed by atoms with Crippen molar-refractivity contribution < 1.29 is 0 Å². The van der Waals surface area contributed by atoms with Crippen LogP contribution in [-0.2, 0) is 6.42 Å².